The summed E-state index contributed by atoms with van der Waals surface area (Å²) in [6.45, 7) is 4.05. The highest BCUT2D eigenvalue weighted by Gasteiger charge is 2.24. The zero-order chi connectivity index (χ0) is 14.6. The lowest BCUT2D eigenvalue weighted by Gasteiger charge is -2.25. The van der Waals surface area contributed by atoms with Crippen molar-refractivity contribution in [2.24, 2.45) is 0 Å². The molecule has 0 aliphatic rings. The van der Waals surface area contributed by atoms with Crippen molar-refractivity contribution in [2.45, 2.75) is 38.8 Å². The number of benzene rings is 1. The third-order valence-electron chi connectivity index (χ3n) is 3.70. The molecule has 0 fully saturated rings. The average molecular weight is 272 g/mol. The number of aliphatic hydroxyl groups is 1. The van der Waals surface area contributed by atoms with Crippen LogP contribution in [0.1, 0.15) is 26.7 Å². The van der Waals surface area contributed by atoms with Gasteiger partial charge in [-0.15, -0.1) is 0 Å². The first-order chi connectivity index (χ1) is 9.58. The molecule has 1 aromatic carbocycles. The molecule has 0 atom stereocenters. The molecule has 0 bridgehead atoms. The molecule has 0 radical (unpaired) electrons. The molecule has 0 aliphatic heterocycles. The highest BCUT2D eigenvalue weighted by Crippen LogP contribution is 2.18. The lowest BCUT2D eigenvalue weighted by Crippen LogP contribution is -2.38. The first-order valence-electron chi connectivity index (χ1n) is 6.94. The van der Waals surface area contributed by atoms with Crippen LogP contribution in [-0.2, 0) is 6.54 Å². The Bertz CT molecular complexity index is 616. The van der Waals surface area contributed by atoms with E-state index in [4.69, 9.17) is 0 Å². The molecule has 4 heteroatoms. The Balaban J connectivity index is 2.38. The van der Waals surface area contributed by atoms with E-state index in [1.165, 1.54) is 10.7 Å². The molecule has 0 unspecified atom stereocenters. The zero-order valence-electron chi connectivity index (χ0n) is 11.9. The monoisotopic (exact) mass is 272 g/mol. The van der Waals surface area contributed by atoms with E-state index in [1.807, 2.05) is 44.2 Å². The van der Waals surface area contributed by atoms with Gasteiger partial charge in [-0.3, -0.25) is 4.79 Å². The molecular weight excluding hydrogens is 252 g/mol. The molecule has 1 aromatic heterocycles. The molecule has 0 aliphatic carbocycles. The zero-order valence-corrected chi connectivity index (χ0v) is 11.9. The van der Waals surface area contributed by atoms with Gasteiger partial charge in [0.05, 0.1) is 17.8 Å². The normalized spacial score (nSPS) is 11.6. The van der Waals surface area contributed by atoms with Crippen LogP contribution in [0.25, 0.3) is 11.3 Å². The molecule has 2 aromatic rings. The Morgan fingerprint density at radius 3 is 2.35 bits per heavy atom. The average Bonchev–Trinajstić information content (AvgIpc) is 2.50. The van der Waals surface area contributed by atoms with Gasteiger partial charge in [-0.2, -0.15) is 5.10 Å². The van der Waals surface area contributed by atoms with Crippen molar-refractivity contribution in [1.29, 1.82) is 0 Å². The first kappa shape index (κ1) is 14.5. The lowest BCUT2D eigenvalue weighted by atomic mass is 9.98. The Labute approximate surface area is 118 Å². The van der Waals surface area contributed by atoms with Gasteiger partial charge in [0.1, 0.15) is 0 Å². The lowest BCUT2D eigenvalue weighted by molar-refractivity contribution is 0.0106. The van der Waals surface area contributed by atoms with Crippen LogP contribution in [0.2, 0.25) is 0 Å². The summed E-state index contributed by atoms with van der Waals surface area (Å²) >= 11 is 0. The number of nitrogens with zero attached hydrogens (tertiary/aromatic N) is 2. The van der Waals surface area contributed by atoms with Gasteiger partial charge in [0.2, 0.25) is 0 Å². The van der Waals surface area contributed by atoms with Crippen molar-refractivity contribution in [3.05, 3.63) is 52.8 Å². The predicted molar refractivity (Wildman–Crippen MR) is 79.5 cm³/mol. The predicted octanol–water partition coefficient (Wildman–Crippen LogP) is 2.46. The molecular formula is C16H20N2O2. The summed E-state index contributed by atoms with van der Waals surface area (Å²) in [4.78, 5) is 11.9. The third-order valence-corrected chi connectivity index (χ3v) is 3.70. The Kier molecular flexibility index (Phi) is 4.35. The van der Waals surface area contributed by atoms with Gasteiger partial charge < -0.3 is 5.11 Å². The second kappa shape index (κ2) is 6.01. The van der Waals surface area contributed by atoms with E-state index in [0.29, 0.717) is 12.8 Å². The maximum Gasteiger partial charge on any atom is 0.266 e. The van der Waals surface area contributed by atoms with Crippen LogP contribution in [0.3, 0.4) is 0 Å². The van der Waals surface area contributed by atoms with Crippen molar-refractivity contribution < 1.29 is 5.11 Å². The molecule has 0 saturated heterocycles. The van der Waals surface area contributed by atoms with E-state index in [1.54, 1.807) is 6.07 Å². The minimum absolute atomic E-state index is 0.190. The largest absolute Gasteiger partial charge is 0.388 e. The van der Waals surface area contributed by atoms with Gasteiger partial charge in [-0.05, 0) is 18.9 Å². The van der Waals surface area contributed by atoms with Crippen LogP contribution >= 0.6 is 0 Å². The second-order valence-corrected chi connectivity index (χ2v) is 5.01. The molecule has 0 saturated carbocycles. The molecule has 0 spiro atoms. The number of rotatable bonds is 5. The highest BCUT2D eigenvalue weighted by atomic mass is 16.3. The van der Waals surface area contributed by atoms with Gasteiger partial charge in [0.25, 0.3) is 5.56 Å². The maximum atomic E-state index is 11.9. The van der Waals surface area contributed by atoms with Gasteiger partial charge in [0.15, 0.2) is 0 Å². The fourth-order valence-electron chi connectivity index (χ4n) is 2.08. The summed E-state index contributed by atoms with van der Waals surface area (Å²) in [5.41, 5.74) is 0.620. The maximum absolute atomic E-state index is 11.9. The van der Waals surface area contributed by atoms with E-state index in [2.05, 4.69) is 5.10 Å². The molecule has 20 heavy (non-hydrogen) atoms. The minimum Gasteiger partial charge on any atom is -0.388 e. The van der Waals surface area contributed by atoms with E-state index in [-0.39, 0.29) is 12.1 Å². The fourth-order valence-corrected chi connectivity index (χ4v) is 2.08. The number of aromatic nitrogens is 2. The van der Waals surface area contributed by atoms with Crippen molar-refractivity contribution in [1.82, 2.24) is 9.78 Å². The van der Waals surface area contributed by atoms with Crippen LogP contribution in [-0.4, -0.2) is 20.5 Å². The van der Waals surface area contributed by atoms with Gasteiger partial charge in [-0.25, -0.2) is 4.68 Å². The summed E-state index contributed by atoms with van der Waals surface area (Å²) in [5.74, 6) is 0. The summed E-state index contributed by atoms with van der Waals surface area (Å²) in [5, 5.41) is 14.7. The van der Waals surface area contributed by atoms with Crippen molar-refractivity contribution in [3.8, 4) is 11.3 Å². The molecule has 0 amide bonds. The van der Waals surface area contributed by atoms with Crippen LogP contribution < -0.4 is 5.56 Å². The fraction of sp³-hybridized carbons (Fsp3) is 0.375. The van der Waals surface area contributed by atoms with E-state index in [0.717, 1.165) is 11.3 Å². The van der Waals surface area contributed by atoms with Crippen molar-refractivity contribution in [3.63, 3.8) is 0 Å². The Hall–Kier alpha value is -1.94. The van der Waals surface area contributed by atoms with E-state index in [9.17, 15) is 9.90 Å². The van der Waals surface area contributed by atoms with Crippen LogP contribution in [0.15, 0.2) is 47.3 Å². The molecule has 1 N–H and O–H groups in total. The Morgan fingerprint density at radius 1 is 1.10 bits per heavy atom. The summed E-state index contributed by atoms with van der Waals surface area (Å²) < 4.78 is 1.36. The Morgan fingerprint density at radius 2 is 1.75 bits per heavy atom. The minimum atomic E-state index is -0.883. The molecule has 106 valence electrons. The second-order valence-electron chi connectivity index (χ2n) is 5.01. The number of hydrogen-bond donors (Lipinski definition) is 1. The quantitative estimate of drug-likeness (QED) is 0.909. The molecule has 4 nitrogen and oxygen atoms in total. The van der Waals surface area contributed by atoms with Gasteiger partial charge in [0, 0.05) is 11.6 Å². The standard InChI is InChI=1S/C16H20N2O2/c1-3-16(20,4-2)12-18-15(19)11-10-14(17-18)13-8-6-5-7-9-13/h5-11,20H,3-4,12H2,1-2H3. The summed E-state index contributed by atoms with van der Waals surface area (Å²) in [6.07, 6.45) is 1.18. The molecule has 2 rings (SSSR count). The SMILES string of the molecule is CCC(O)(CC)Cn1nc(-c2ccccc2)ccc1=O. The first-order valence-corrected chi connectivity index (χ1v) is 6.94. The summed E-state index contributed by atoms with van der Waals surface area (Å²) in [7, 11) is 0. The van der Waals surface area contributed by atoms with Gasteiger partial charge >= 0.3 is 0 Å². The third kappa shape index (κ3) is 3.14. The number of hydrogen-bond acceptors (Lipinski definition) is 3. The van der Waals surface area contributed by atoms with Crippen molar-refractivity contribution >= 4 is 0 Å². The van der Waals surface area contributed by atoms with Crippen molar-refractivity contribution in [2.75, 3.05) is 0 Å². The van der Waals surface area contributed by atoms with Crippen LogP contribution in [0.4, 0.5) is 0 Å². The molecule has 1 heterocycles. The topological polar surface area (TPSA) is 55.1 Å². The van der Waals surface area contributed by atoms with Crippen LogP contribution in [0.5, 0.6) is 0 Å². The summed E-state index contributed by atoms with van der Waals surface area (Å²) in [6, 6.07) is 12.9. The van der Waals surface area contributed by atoms with Gasteiger partial charge in [-0.1, -0.05) is 44.2 Å². The van der Waals surface area contributed by atoms with Crippen LogP contribution in [0, 0.1) is 0 Å². The smallest absolute Gasteiger partial charge is 0.266 e. The van der Waals surface area contributed by atoms with E-state index >= 15 is 0 Å². The van der Waals surface area contributed by atoms with E-state index < -0.39 is 5.60 Å². The highest BCUT2D eigenvalue weighted by molar-refractivity contribution is 5.57.